The van der Waals surface area contributed by atoms with Crippen LogP contribution in [0.5, 0.6) is 0 Å². The van der Waals surface area contributed by atoms with Crippen LogP contribution in [-0.2, 0) is 0 Å². The van der Waals surface area contributed by atoms with Gasteiger partial charge in [-0.25, -0.2) is 9.78 Å². The fourth-order valence-corrected chi connectivity index (χ4v) is 6.71. The Labute approximate surface area is 183 Å². The van der Waals surface area contributed by atoms with Gasteiger partial charge in [-0.05, 0) is 75.3 Å². The van der Waals surface area contributed by atoms with Crippen molar-refractivity contribution in [1.82, 2.24) is 14.5 Å². The van der Waals surface area contributed by atoms with Crippen LogP contribution in [0.2, 0.25) is 0 Å². The molecule has 2 atom stereocenters. The topological polar surface area (TPSA) is 75.4 Å². The molecule has 3 fully saturated rings. The molecular formula is C25H33N3O3. The lowest BCUT2D eigenvalue weighted by molar-refractivity contribution is 0.0331. The molecule has 1 saturated carbocycles. The van der Waals surface area contributed by atoms with Gasteiger partial charge in [0.15, 0.2) is 0 Å². The van der Waals surface area contributed by atoms with Crippen molar-refractivity contribution in [1.29, 1.82) is 0 Å². The van der Waals surface area contributed by atoms with Crippen LogP contribution in [-0.4, -0.2) is 43.7 Å². The summed E-state index contributed by atoms with van der Waals surface area (Å²) in [5.74, 6) is 0.396. The normalized spacial score (nSPS) is 31.4. The number of hydrogen-bond acceptors (Lipinski definition) is 4. The lowest BCUT2D eigenvalue weighted by Gasteiger charge is -2.46. The van der Waals surface area contributed by atoms with Crippen molar-refractivity contribution in [2.45, 2.75) is 89.4 Å². The second kappa shape index (κ2) is 8.05. The molecule has 3 aliphatic rings. The molecule has 6 heteroatoms. The number of aromatic carboxylic acids is 1. The molecule has 2 saturated heterocycles. The third-order valence-electron chi connectivity index (χ3n) is 8.23. The summed E-state index contributed by atoms with van der Waals surface area (Å²) in [6.07, 6.45) is 9.48. The van der Waals surface area contributed by atoms with Gasteiger partial charge in [0, 0.05) is 24.2 Å². The average molecular weight is 424 g/mol. The van der Waals surface area contributed by atoms with E-state index >= 15 is 0 Å². The fourth-order valence-electron chi connectivity index (χ4n) is 6.71. The van der Waals surface area contributed by atoms with Gasteiger partial charge in [-0.2, -0.15) is 0 Å². The maximum absolute atomic E-state index is 13.1. The van der Waals surface area contributed by atoms with Crippen molar-refractivity contribution in [3.05, 3.63) is 40.3 Å². The van der Waals surface area contributed by atoms with Crippen molar-refractivity contribution in [2.24, 2.45) is 11.8 Å². The quantitative estimate of drug-likeness (QED) is 0.785. The van der Waals surface area contributed by atoms with Crippen molar-refractivity contribution in [3.8, 4) is 0 Å². The summed E-state index contributed by atoms with van der Waals surface area (Å²) in [5, 5.41) is 9.55. The predicted octanol–water partition coefficient (Wildman–Crippen LogP) is 4.48. The second-order valence-electron chi connectivity index (χ2n) is 10.2. The number of piperidine rings is 1. The summed E-state index contributed by atoms with van der Waals surface area (Å²) in [5.41, 5.74) is 0.524. The van der Waals surface area contributed by atoms with E-state index in [1.165, 1.54) is 38.5 Å². The van der Waals surface area contributed by atoms with E-state index in [-0.39, 0.29) is 11.7 Å². The molecule has 2 aromatic rings. The number of fused-ring (bicyclic) bond motifs is 3. The van der Waals surface area contributed by atoms with E-state index in [2.05, 4.69) is 23.7 Å². The molecule has 3 heterocycles. The Morgan fingerprint density at radius 1 is 0.968 bits per heavy atom. The minimum absolute atomic E-state index is 0.0410. The number of benzene rings is 1. The number of carboxylic acid groups (broad SMARTS) is 1. The fraction of sp³-hybridized carbons (Fsp3) is 0.640. The minimum Gasteiger partial charge on any atom is -0.476 e. The molecule has 5 rings (SSSR count). The maximum atomic E-state index is 13.1. The van der Waals surface area contributed by atoms with Crippen molar-refractivity contribution >= 4 is 17.0 Å². The summed E-state index contributed by atoms with van der Waals surface area (Å²) in [6.45, 7) is 4.70. The molecule has 1 aromatic carbocycles. The van der Waals surface area contributed by atoms with Gasteiger partial charge in [-0.15, -0.1) is 0 Å². The highest BCUT2D eigenvalue weighted by Crippen LogP contribution is 2.45. The van der Waals surface area contributed by atoms with Gasteiger partial charge in [-0.1, -0.05) is 26.0 Å². The Hall–Kier alpha value is -2.21. The molecule has 0 amide bonds. The van der Waals surface area contributed by atoms with E-state index < -0.39 is 11.5 Å². The first-order chi connectivity index (χ1) is 14.9. The van der Waals surface area contributed by atoms with Gasteiger partial charge in [0.25, 0.3) is 5.56 Å². The zero-order chi connectivity index (χ0) is 21.7. The van der Waals surface area contributed by atoms with E-state index in [1.54, 1.807) is 10.6 Å². The molecule has 2 bridgehead atoms. The molecule has 166 valence electrons. The first-order valence-corrected chi connectivity index (χ1v) is 12.0. The summed E-state index contributed by atoms with van der Waals surface area (Å²) in [6, 6.07) is 9.15. The Bertz CT molecular complexity index is 1020. The van der Waals surface area contributed by atoms with Gasteiger partial charge in [0.05, 0.1) is 11.0 Å². The molecule has 0 spiro atoms. The molecule has 1 aromatic heterocycles. The van der Waals surface area contributed by atoms with Crippen LogP contribution >= 0.6 is 0 Å². The van der Waals surface area contributed by atoms with Crippen LogP contribution in [0.15, 0.2) is 29.1 Å². The van der Waals surface area contributed by atoms with Crippen molar-refractivity contribution in [3.63, 3.8) is 0 Å². The van der Waals surface area contributed by atoms with Crippen LogP contribution < -0.4 is 5.56 Å². The minimum atomic E-state index is -1.24. The molecule has 31 heavy (non-hydrogen) atoms. The Morgan fingerprint density at radius 2 is 1.58 bits per heavy atom. The summed E-state index contributed by atoms with van der Waals surface area (Å²) in [7, 11) is 0. The van der Waals surface area contributed by atoms with Gasteiger partial charge in [0.2, 0.25) is 5.69 Å². The van der Waals surface area contributed by atoms with Gasteiger partial charge >= 0.3 is 5.97 Å². The maximum Gasteiger partial charge on any atom is 0.360 e. The number of aromatic nitrogens is 2. The number of nitrogens with zero attached hydrogens (tertiary/aromatic N) is 3. The smallest absolute Gasteiger partial charge is 0.360 e. The van der Waals surface area contributed by atoms with Gasteiger partial charge in [-0.3, -0.25) is 9.69 Å². The Balaban J connectivity index is 1.43. The van der Waals surface area contributed by atoms with E-state index in [4.69, 9.17) is 0 Å². The van der Waals surface area contributed by atoms with Crippen LogP contribution in [0.4, 0.5) is 0 Å². The third kappa shape index (κ3) is 3.59. The largest absolute Gasteiger partial charge is 0.476 e. The van der Waals surface area contributed by atoms with E-state index in [1.807, 2.05) is 18.2 Å². The SMILES string of the molecule is CC(C)C1CCC(N2[C@@H]3CC[C@@H]2CC(n2c(=O)c(C(=O)O)nc4ccccc42)C3)CC1. The monoisotopic (exact) mass is 423 g/mol. The number of hydrogen-bond donors (Lipinski definition) is 1. The summed E-state index contributed by atoms with van der Waals surface area (Å²) in [4.78, 5) is 31.8. The molecule has 6 nitrogen and oxygen atoms in total. The highest BCUT2D eigenvalue weighted by atomic mass is 16.4. The lowest BCUT2D eigenvalue weighted by atomic mass is 9.78. The van der Waals surface area contributed by atoms with Crippen LogP contribution in [0, 0.1) is 11.8 Å². The number of para-hydroxylation sites is 2. The standard InChI is InChI=1S/C25H33N3O3/c1-15(2)16-7-9-17(10-8-16)27-18-11-12-19(27)14-20(13-18)28-22-6-4-3-5-21(22)26-23(24(28)29)25(30)31/h3-6,15-20H,7-14H2,1-2H3,(H,30,31)/t16?,17?,18-,19-/m1/s1. The zero-order valence-electron chi connectivity index (χ0n) is 18.5. The molecule has 0 radical (unpaired) electrons. The zero-order valence-corrected chi connectivity index (χ0v) is 18.5. The third-order valence-corrected chi connectivity index (χ3v) is 8.23. The summed E-state index contributed by atoms with van der Waals surface area (Å²) >= 11 is 0. The molecule has 2 aliphatic heterocycles. The molecule has 1 N–H and O–H groups in total. The summed E-state index contributed by atoms with van der Waals surface area (Å²) < 4.78 is 1.75. The Kier molecular flexibility index (Phi) is 5.37. The van der Waals surface area contributed by atoms with Crippen LogP contribution in [0.1, 0.15) is 81.7 Å². The average Bonchev–Trinajstić information content (AvgIpc) is 3.02. The number of carboxylic acids is 1. The highest BCUT2D eigenvalue weighted by Gasteiger charge is 2.45. The molecule has 0 unspecified atom stereocenters. The molecule has 1 aliphatic carbocycles. The van der Waals surface area contributed by atoms with Crippen LogP contribution in [0.25, 0.3) is 11.0 Å². The predicted molar refractivity (Wildman–Crippen MR) is 120 cm³/mol. The first-order valence-electron chi connectivity index (χ1n) is 12.0. The first kappa shape index (κ1) is 20.7. The molecular weight excluding hydrogens is 390 g/mol. The van der Waals surface area contributed by atoms with Crippen molar-refractivity contribution < 1.29 is 9.90 Å². The van der Waals surface area contributed by atoms with E-state index in [0.717, 1.165) is 30.2 Å². The Morgan fingerprint density at radius 3 is 2.19 bits per heavy atom. The van der Waals surface area contributed by atoms with Gasteiger partial charge in [0.1, 0.15) is 0 Å². The number of rotatable bonds is 4. The second-order valence-corrected chi connectivity index (χ2v) is 10.2. The van der Waals surface area contributed by atoms with Crippen molar-refractivity contribution in [2.75, 3.05) is 0 Å². The lowest BCUT2D eigenvalue weighted by Crippen LogP contribution is -2.51. The van der Waals surface area contributed by atoms with E-state index in [0.29, 0.717) is 23.6 Å². The van der Waals surface area contributed by atoms with E-state index in [9.17, 15) is 14.7 Å². The van der Waals surface area contributed by atoms with Gasteiger partial charge < -0.3 is 9.67 Å². The highest BCUT2D eigenvalue weighted by molar-refractivity contribution is 5.88. The number of carbonyl (C=O) groups is 1. The van der Waals surface area contributed by atoms with Crippen LogP contribution in [0.3, 0.4) is 0 Å².